The van der Waals surface area contributed by atoms with Gasteiger partial charge in [0.25, 0.3) is 0 Å². The van der Waals surface area contributed by atoms with E-state index in [0.717, 1.165) is 6.42 Å². The molecule has 0 bridgehead atoms. The first kappa shape index (κ1) is 6.81. The molecule has 0 aromatic rings. The molecule has 0 aliphatic heterocycles. The molecule has 0 saturated heterocycles. The minimum absolute atomic E-state index is 0.446. The Morgan fingerprint density at radius 3 is 2.67 bits per heavy atom. The van der Waals surface area contributed by atoms with Crippen molar-refractivity contribution in [2.45, 2.75) is 31.7 Å². The molecular weight excluding hydrogens is 110 g/mol. The number of allylic oxidation sites excluding steroid dienone is 1. The lowest BCUT2D eigenvalue weighted by molar-refractivity contribution is 0.373. The van der Waals surface area contributed by atoms with E-state index >= 15 is 0 Å². The molecule has 1 saturated carbocycles. The van der Waals surface area contributed by atoms with Gasteiger partial charge in [-0.3, -0.25) is 0 Å². The average Bonchev–Trinajstić information content (AvgIpc) is 1.88. The molecule has 1 unspecified atom stereocenters. The summed E-state index contributed by atoms with van der Waals surface area (Å²) in [6, 6.07) is 0.446. The van der Waals surface area contributed by atoms with Gasteiger partial charge >= 0.3 is 0 Å². The summed E-state index contributed by atoms with van der Waals surface area (Å²) in [5.41, 5.74) is 5.75. The second-order valence-electron chi connectivity index (χ2n) is 2.92. The molecule has 1 heteroatoms. The standard InChI is InChI=1S/C8H15N/c1-2-7-4-3-5-8(9)6-7/h2,7-8H,1,3-6,9H2/t7-,8?/m0/s1. The van der Waals surface area contributed by atoms with Gasteiger partial charge in [0, 0.05) is 6.04 Å². The Bertz CT molecular complexity index is 98.7. The highest BCUT2D eigenvalue weighted by molar-refractivity contribution is 4.85. The van der Waals surface area contributed by atoms with Crippen molar-refractivity contribution < 1.29 is 0 Å². The molecule has 0 amide bonds. The summed E-state index contributed by atoms with van der Waals surface area (Å²) in [7, 11) is 0. The predicted molar refractivity (Wildman–Crippen MR) is 40.1 cm³/mol. The maximum Gasteiger partial charge on any atom is 0.00444 e. The van der Waals surface area contributed by atoms with Crippen LogP contribution < -0.4 is 5.73 Å². The van der Waals surface area contributed by atoms with E-state index in [2.05, 4.69) is 6.58 Å². The maximum atomic E-state index is 5.75. The second-order valence-corrected chi connectivity index (χ2v) is 2.92. The van der Waals surface area contributed by atoms with Gasteiger partial charge < -0.3 is 5.73 Å². The summed E-state index contributed by atoms with van der Waals surface area (Å²) in [6.45, 7) is 3.76. The fourth-order valence-corrected chi connectivity index (χ4v) is 1.48. The third-order valence-electron chi connectivity index (χ3n) is 2.09. The van der Waals surface area contributed by atoms with Crippen LogP contribution in [0.5, 0.6) is 0 Å². The van der Waals surface area contributed by atoms with Crippen molar-refractivity contribution in [1.29, 1.82) is 0 Å². The van der Waals surface area contributed by atoms with Gasteiger partial charge in [0.2, 0.25) is 0 Å². The van der Waals surface area contributed by atoms with E-state index in [1.807, 2.05) is 6.08 Å². The van der Waals surface area contributed by atoms with Crippen LogP contribution >= 0.6 is 0 Å². The third-order valence-corrected chi connectivity index (χ3v) is 2.09. The number of hydrogen-bond donors (Lipinski definition) is 1. The molecule has 0 heterocycles. The first-order chi connectivity index (χ1) is 4.33. The molecule has 2 atom stereocenters. The lowest BCUT2D eigenvalue weighted by Crippen LogP contribution is -2.26. The highest BCUT2D eigenvalue weighted by Crippen LogP contribution is 2.23. The van der Waals surface area contributed by atoms with Crippen LogP contribution in [0, 0.1) is 5.92 Å². The van der Waals surface area contributed by atoms with E-state index in [-0.39, 0.29) is 0 Å². The summed E-state index contributed by atoms with van der Waals surface area (Å²) in [5, 5.41) is 0. The molecule has 0 radical (unpaired) electrons. The first-order valence-electron chi connectivity index (χ1n) is 3.71. The van der Waals surface area contributed by atoms with Gasteiger partial charge in [0.05, 0.1) is 0 Å². The van der Waals surface area contributed by atoms with Crippen LogP contribution in [-0.2, 0) is 0 Å². The Kier molecular flexibility index (Phi) is 2.29. The predicted octanol–water partition coefficient (Wildman–Crippen LogP) is 1.69. The number of hydrogen-bond acceptors (Lipinski definition) is 1. The van der Waals surface area contributed by atoms with Crippen LogP contribution in [0.25, 0.3) is 0 Å². The van der Waals surface area contributed by atoms with E-state index in [1.165, 1.54) is 19.3 Å². The van der Waals surface area contributed by atoms with E-state index in [0.29, 0.717) is 12.0 Å². The Hall–Kier alpha value is -0.300. The summed E-state index contributed by atoms with van der Waals surface area (Å²) in [4.78, 5) is 0. The molecule has 9 heavy (non-hydrogen) atoms. The third kappa shape index (κ3) is 1.83. The average molecular weight is 125 g/mol. The fourth-order valence-electron chi connectivity index (χ4n) is 1.48. The lowest BCUT2D eigenvalue weighted by atomic mass is 9.86. The molecule has 1 fully saturated rings. The summed E-state index contributed by atoms with van der Waals surface area (Å²) >= 11 is 0. The zero-order valence-electron chi connectivity index (χ0n) is 5.84. The van der Waals surface area contributed by atoms with Crippen molar-refractivity contribution in [3.63, 3.8) is 0 Å². The van der Waals surface area contributed by atoms with Gasteiger partial charge in [0.1, 0.15) is 0 Å². The zero-order valence-corrected chi connectivity index (χ0v) is 5.84. The topological polar surface area (TPSA) is 26.0 Å². The minimum Gasteiger partial charge on any atom is -0.328 e. The smallest absolute Gasteiger partial charge is 0.00444 e. The van der Waals surface area contributed by atoms with Crippen LogP contribution in [0.4, 0.5) is 0 Å². The summed E-state index contributed by atoms with van der Waals surface area (Å²) in [6.07, 6.45) is 7.00. The molecule has 1 aliphatic rings. The fraction of sp³-hybridized carbons (Fsp3) is 0.750. The van der Waals surface area contributed by atoms with Gasteiger partial charge in [-0.1, -0.05) is 12.5 Å². The van der Waals surface area contributed by atoms with Gasteiger partial charge in [0.15, 0.2) is 0 Å². The van der Waals surface area contributed by atoms with E-state index in [1.54, 1.807) is 0 Å². The molecule has 2 N–H and O–H groups in total. The van der Waals surface area contributed by atoms with Gasteiger partial charge in [-0.2, -0.15) is 0 Å². The molecule has 1 aliphatic carbocycles. The molecular formula is C8H15N. The Morgan fingerprint density at radius 1 is 1.44 bits per heavy atom. The van der Waals surface area contributed by atoms with E-state index in [4.69, 9.17) is 5.73 Å². The molecule has 1 nitrogen and oxygen atoms in total. The van der Waals surface area contributed by atoms with Crippen molar-refractivity contribution in [3.8, 4) is 0 Å². The molecule has 0 spiro atoms. The van der Waals surface area contributed by atoms with E-state index < -0.39 is 0 Å². The lowest BCUT2D eigenvalue weighted by Gasteiger charge is -2.23. The molecule has 0 aromatic heterocycles. The van der Waals surface area contributed by atoms with Crippen molar-refractivity contribution in [1.82, 2.24) is 0 Å². The SMILES string of the molecule is C=C[C@H]1CCCC(N)C1. The first-order valence-corrected chi connectivity index (χ1v) is 3.71. The van der Waals surface area contributed by atoms with Gasteiger partial charge in [-0.05, 0) is 25.2 Å². The summed E-state index contributed by atoms with van der Waals surface area (Å²) < 4.78 is 0. The molecule has 1 rings (SSSR count). The highest BCUT2D eigenvalue weighted by atomic mass is 14.6. The zero-order chi connectivity index (χ0) is 6.69. The minimum atomic E-state index is 0.446. The van der Waals surface area contributed by atoms with Gasteiger partial charge in [-0.15, -0.1) is 6.58 Å². The largest absolute Gasteiger partial charge is 0.328 e. The number of nitrogens with two attached hydrogens (primary N) is 1. The van der Waals surface area contributed by atoms with Crippen molar-refractivity contribution in [2.24, 2.45) is 11.7 Å². The van der Waals surface area contributed by atoms with Crippen molar-refractivity contribution in [2.75, 3.05) is 0 Å². The van der Waals surface area contributed by atoms with E-state index in [9.17, 15) is 0 Å². The van der Waals surface area contributed by atoms with Crippen LogP contribution in [-0.4, -0.2) is 6.04 Å². The Labute approximate surface area is 56.9 Å². The second kappa shape index (κ2) is 3.02. The Morgan fingerprint density at radius 2 is 2.22 bits per heavy atom. The van der Waals surface area contributed by atoms with Crippen LogP contribution in [0.2, 0.25) is 0 Å². The maximum absolute atomic E-state index is 5.75. The molecule has 0 aromatic carbocycles. The van der Waals surface area contributed by atoms with Crippen molar-refractivity contribution >= 4 is 0 Å². The monoisotopic (exact) mass is 125 g/mol. The number of rotatable bonds is 1. The van der Waals surface area contributed by atoms with Crippen molar-refractivity contribution in [3.05, 3.63) is 12.7 Å². The highest BCUT2D eigenvalue weighted by Gasteiger charge is 2.15. The molecule has 52 valence electrons. The normalized spacial score (nSPS) is 36.1. The summed E-state index contributed by atoms with van der Waals surface area (Å²) in [5.74, 6) is 0.703. The van der Waals surface area contributed by atoms with Crippen LogP contribution in [0.1, 0.15) is 25.7 Å². The van der Waals surface area contributed by atoms with Gasteiger partial charge in [-0.25, -0.2) is 0 Å². The Balaban J connectivity index is 2.31. The van der Waals surface area contributed by atoms with Crippen LogP contribution in [0.15, 0.2) is 12.7 Å². The van der Waals surface area contributed by atoms with Crippen LogP contribution in [0.3, 0.4) is 0 Å². The quantitative estimate of drug-likeness (QED) is 0.530.